The van der Waals surface area contributed by atoms with Crippen LogP contribution in [0, 0.1) is 11.8 Å². The summed E-state index contributed by atoms with van der Waals surface area (Å²) in [6.07, 6.45) is 1.38. The van der Waals surface area contributed by atoms with Crippen LogP contribution >= 0.6 is 0 Å². The summed E-state index contributed by atoms with van der Waals surface area (Å²) in [5.74, 6) is -1.56. The first-order valence-corrected chi connectivity index (χ1v) is 17.2. The summed E-state index contributed by atoms with van der Waals surface area (Å²) < 4.78 is 21.1. The highest BCUT2D eigenvalue weighted by Crippen LogP contribution is 2.14. The van der Waals surface area contributed by atoms with Gasteiger partial charge in [-0.15, -0.1) is 0 Å². The van der Waals surface area contributed by atoms with Gasteiger partial charge in [0.25, 0.3) is 0 Å². The number of unbranched alkanes of at least 4 members (excludes halogenated alkanes) is 4. The van der Waals surface area contributed by atoms with Crippen LogP contribution in [-0.2, 0) is 28.5 Å². The molecule has 0 rings (SSSR count). The van der Waals surface area contributed by atoms with Gasteiger partial charge in [0.2, 0.25) is 0 Å². The van der Waals surface area contributed by atoms with Crippen molar-refractivity contribution in [2.45, 2.75) is 150 Å². The maximum absolute atomic E-state index is 13.1. The van der Waals surface area contributed by atoms with Gasteiger partial charge >= 0.3 is 24.4 Å². The molecule has 14 nitrogen and oxygen atoms in total. The van der Waals surface area contributed by atoms with E-state index in [9.17, 15) is 28.8 Å². The Labute approximate surface area is 293 Å². The molecular weight excluding hydrogens is 636 g/mol. The molecule has 0 radical (unpaired) electrons. The maximum Gasteiger partial charge on any atom is 0.407 e. The molecule has 0 spiro atoms. The van der Waals surface area contributed by atoms with Crippen LogP contribution in [0.1, 0.15) is 128 Å². The summed E-state index contributed by atoms with van der Waals surface area (Å²) in [5.41, 5.74) is -2.79. The van der Waals surface area contributed by atoms with E-state index >= 15 is 0 Å². The highest BCUT2D eigenvalue weighted by Gasteiger charge is 2.25. The number of alkyl carbamates (subject to hydrolysis) is 4. The number of ketones is 2. The Bertz CT molecular complexity index is 934. The largest absolute Gasteiger partial charge is 0.444 e. The standard InChI is InChI=1S/C35H64N4O10/c1-32(2,3)46-28(42)36-20-24(21-37-29(43)47-33(4,5)6)26(40)18-16-14-13-15-17-19-27(41)25(22-38-30(44)48-34(7,8)9)23-39-31(45)49-35(10,11)12/h24-25H,13-23H2,1-12H3,(H,36,42)(H,37,43)(H,38,44)(H,39,45). The van der Waals surface area contributed by atoms with Crippen molar-refractivity contribution in [2.75, 3.05) is 26.2 Å². The molecule has 0 saturated heterocycles. The molecule has 49 heavy (non-hydrogen) atoms. The Morgan fingerprint density at radius 2 is 0.592 bits per heavy atom. The van der Waals surface area contributed by atoms with Crippen molar-refractivity contribution in [3.63, 3.8) is 0 Å². The van der Waals surface area contributed by atoms with Crippen molar-refractivity contribution >= 4 is 35.9 Å². The minimum absolute atomic E-state index is 0.00160. The van der Waals surface area contributed by atoms with Crippen LogP contribution < -0.4 is 21.3 Å². The van der Waals surface area contributed by atoms with Gasteiger partial charge in [0.1, 0.15) is 34.0 Å². The first-order valence-electron chi connectivity index (χ1n) is 17.2. The van der Waals surface area contributed by atoms with Gasteiger partial charge in [0, 0.05) is 39.0 Å². The number of hydrogen-bond donors (Lipinski definition) is 4. The van der Waals surface area contributed by atoms with Crippen molar-refractivity contribution in [3.8, 4) is 0 Å². The van der Waals surface area contributed by atoms with E-state index in [1.165, 1.54) is 0 Å². The van der Waals surface area contributed by atoms with E-state index in [0.29, 0.717) is 12.8 Å². The zero-order valence-electron chi connectivity index (χ0n) is 32.0. The molecule has 0 bridgehead atoms. The van der Waals surface area contributed by atoms with E-state index in [-0.39, 0.29) is 50.6 Å². The molecule has 4 N–H and O–H groups in total. The number of ether oxygens (including phenoxy) is 4. The Morgan fingerprint density at radius 1 is 0.388 bits per heavy atom. The van der Waals surface area contributed by atoms with E-state index in [0.717, 1.165) is 19.3 Å². The van der Waals surface area contributed by atoms with Crippen LogP contribution in [0.4, 0.5) is 19.2 Å². The van der Waals surface area contributed by atoms with Gasteiger partial charge < -0.3 is 40.2 Å². The average molecular weight is 701 g/mol. The van der Waals surface area contributed by atoms with Crippen molar-refractivity contribution in [2.24, 2.45) is 11.8 Å². The summed E-state index contributed by atoms with van der Waals surface area (Å²) in [5, 5.41) is 10.5. The van der Waals surface area contributed by atoms with Gasteiger partial charge in [-0.1, -0.05) is 19.3 Å². The third kappa shape index (κ3) is 27.0. The van der Waals surface area contributed by atoms with Crippen LogP contribution in [-0.4, -0.2) is 84.5 Å². The molecule has 0 heterocycles. The molecule has 0 aromatic carbocycles. The maximum atomic E-state index is 13.1. The number of carbonyl (C=O) groups excluding carboxylic acids is 6. The monoisotopic (exact) mass is 700 g/mol. The molecule has 0 aromatic rings. The lowest BCUT2D eigenvalue weighted by molar-refractivity contribution is -0.123. The SMILES string of the molecule is CC(C)(C)OC(=O)NCC(CNC(=O)OC(C)(C)C)C(=O)CCCCCCCC(=O)C(CNC(=O)OC(C)(C)C)CNC(=O)OC(C)(C)C. The average Bonchev–Trinajstić information content (AvgIpc) is 2.88. The Kier molecular flexibility index (Phi) is 19.3. The molecular formula is C35H64N4O10. The van der Waals surface area contributed by atoms with E-state index in [1.54, 1.807) is 83.1 Å². The van der Waals surface area contributed by atoms with Crippen LogP contribution in [0.15, 0.2) is 0 Å². The molecule has 0 saturated carbocycles. The minimum Gasteiger partial charge on any atom is -0.444 e. The molecule has 0 aliphatic carbocycles. The fraction of sp³-hybridized carbons (Fsp3) is 0.829. The van der Waals surface area contributed by atoms with Crippen LogP contribution in [0.2, 0.25) is 0 Å². The lowest BCUT2D eigenvalue weighted by Crippen LogP contribution is -2.43. The highest BCUT2D eigenvalue weighted by atomic mass is 16.6. The minimum atomic E-state index is -0.697. The van der Waals surface area contributed by atoms with Gasteiger partial charge in [-0.2, -0.15) is 0 Å². The number of rotatable bonds is 18. The first kappa shape index (κ1) is 45.4. The smallest absolute Gasteiger partial charge is 0.407 e. The van der Waals surface area contributed by atoms with Crippen molar-refractivity contribution in [1.29, 1.82) is 0 Å². The zero-order valence-corrected chi connectivity index (χ0v) is 32.0. The second-order valence-corrected chi connectivity index (χ2v) is 16.1. The number of Topliss-reactive ketones (excluding diaryl/α,β-unsaturated/α-hetero) is 2. The molecule has 4 amide bonds. The fourth-order valence-corrected chi connectivity index (χ4v) is 4.22. The Morgan fingerprint density at radius 3 is 0.796 bits per heavy atom. The molecule has 0 aromatic heterocycles. The fourth-order valence-electron chi connectivity index (χ4n) is 4.22. The second kappa shape index (κ2) is 20.8. The van der Waals surface area contributed by atoms with Gasteiger partial charge in [-0.25, -0.2) is 19.2 Å². The summed E-state index contributed by atoms with van der Waals surface area (Å²) >= 11 is 0. The normalized spacial score (nSPS) is 12.2. The summed E-state index contributed by atoms with van der Waals surface area (Å²) in [7, 11) is 0. The molecule has 14 heteroatoms. The van der Waals surface area contributed by atoms with E-state index in [1.807, 2.05) is 0 Å². The molecule has 0 atom stereocenters. The number of carbonyl (C=O) groups is 6. The van der Waals surface area contributed by atoms with Crippen molar-refractivity contribution < 1.29 is 47.7 Å². The Hall–Kier alpha value is -3.58. The highest BCUT2D eigenvalue weighted by molar-refractivity contribution is 5.83. The first-order chi connectivity index (χ1) is 22.3. The van der Waals surface area contributed by atoms with Crippen LogP contribution in [0.3, 0.4) is 0 Å². The van der Waals surface area contributed by atoms with Crippen LogP contribution in [0.25, 0.3) is 0 Å². The third-order valence-electron chi connectivity index (χ3n) is 6.32. The lowest BCUT2D eigenvalue weighted by atomic mass is 9.96. The molecule has 284 valence electrons. The quantitative estimate of drug-likeness (QED) is 0.0949. The number of nitrogens with one attached hydrogen (secondary N) is 4. The van der Waals surface area contributed by atoms with Gasteiger partial charge in [-0.3, -0.25) is 9.59 Å². The summed E-state index contributed by atoms with van der Waals surface area (Å²) in [6.45, 7) is 20.8. The van der Waals surface area contributed by atoms with E-state index in [4.69, 9.17) is 18.9 Å². The van der Waals surface area contributed by atoms with Gasteiger partial charge in [-0.05, 0) is 95.9 Å². The van der Waals surface area contributed by atoms with Crippen LogP contribution in [0.5, 0.6) is 0 Å². The lowest BCUT2D eigenvalue weighted by Gasteiger charge is -2.23. The Balaban J connectivity index is 4.92. The molecule has 0 aliphatic heterocycles. The second-order valence-electron chi connectivity index (χ2n) is 16.1. The molecule has 0 fully saturated rings. The topological polar surface area (TPSA) is 187 Å². The van der Waals surface area contributed by atoms with Gasteiger partial charge in [0.05, 0.1) is 11.8 Å². The van der Waals surface area contributed by atoms with Crippen molar-refractivity contribution in [1.82, 2.24) is 21.3 Å². The molecule has 0 aliphatic rings. The predicted octanol–water partition coefficient (Wildman–Crippen LogP) is 6.19. The van der Waals surface area contributed by atoms with Crippen molar-refractivity contribution in [3.05, 3.63) is 0 Å². The van der Waals surface area contributed by atoms with E-state index in [2.05, 4.69) is 21.3 Å². The third-order valence-corrected chi connectivity index (χ3v) is 6.32. The number of hydrogen-bond acceptors (Lipinski definition) is 10. The summed E-state index contributed by atoms with van der Waals surface area (Å²) in [4.78, 5) is 74.8. The zero-order chi connectivity index (χ0) is 38.1. The summed E-state index contributed by atoms with van der Waals surface area (Å²) in [6, 6.07) is 0. The van der Waals surface area contributed by atoms with Gasteiger partial charge in [0.15, 0.2) is 0 Å². The van der Waals surface area contributed by atoms with E-state index < -0.39 is 58.6 Å². The number of amides is 4. The predicted molar refractivity (Wildman–Crippen MR) is 186 cm³/mol. The molecule has 0 unspecified atom stereocenters.